The summed E-state index contributed by atoms with van der Waals surface area (Å²) in [6, 6.07) is 20.9. The molecule has 1 N–H and O–H groups in total. The molecular formula is C18H14N2O2. The highest BCUT2D eigenvalue weighted by molar-refractivity contribution is 5.95. The minimum atomic E-state index is -0.262. The van der Waals surface area contributed by atoms with E-state index in [1.165, 1.54) is 6.21 Å². The molecule has 1 amide bonds. The molecule has 0 fully saturated rings. The van der Waals surface area contributed by atoms with E-state index in [0.717, 1.165) is 11.1 Å². The molecule has 108 valence electrons. The van der Waals surface area contributed by atoms with Gasteiger partial charge in [0, 0.05) is 5.56 Å². The van der Waals surface area contributed by atoms with Crippen LogP contribution in [0.1, 0.15) is 16.1 Å². The third-order valence-electron chi connectivity index (χ3n) is 3.16. The molecule has 4 heteroatoms. The van der Waals surface area contributed by atoms with Crippen LogP contribution in [0, 0.1) is 0 Å². The fourth-order valence-corrected chi connectivity index (χ4v) is 2.03. The molecule has 1 heterocycles. The van der Waals surface area contributed by atoms with E-state index >= 15 is 0 Å². The summed E-state index contributed by atoms with van der Waals surface area (Å²) < 4.78 is 5.09. The standard InChI is InChI=1S/C18H14N2O2/c21-18(20-19-13-17-7-4-12-22-17)16-10-8-15(9-11-16)14-5-2-1-3-6-14/h1-13H,(H,20,21)/b19-13-. The smallest absolute Gasteiger partial charge is 0.271 e. The summed E-state index contributed by atoms with van der Waals surface area (Å²) in [5.74, 6) is 0.321. The molecule has 2 aromatic carbocycles. The molecule has 1 aromatic heterocycles. The van der Waals surface area contributed by atoms with E-state index in [4.69, 9.17) is 4.42 Å². The predicted molar refractivity (Wildman–Crippen MR) is 85.6 cm³/mol. The van der Waals surface area contributed by atoms with Crippen LogP contribution >= 0.6 is 0 Å². The first kappa shape index (κ1) is 13.8. The van der Waals surface area contributed by atoms with Gasteiger partial charge in [-0.1, -0.05) is 42.5 Å². The van der Waals surface area contributed by atoms with E-state index in [9.17, 15) is 4.79 Å². The second-order valence-electron chi connectivity index (χ2n) is 4.66. The van der Waals surface area contributed by atoms with Crippen molar-refractivity contribution in [3.63, 3.8) is 0 Å². The van der Waals surface area contributed by atoms with Crippen LogP contribution < -0.4 is 5.43 Å². The third kappa shape index (κ3) is 3.30. The molecule has 0 radical (unpaired) electrons. The van der Waals surface area contributed by atoms with Gasteiger partial charge in [-0.25, -0.2) is 5.43 Å². The van der Waals surface area contributed by atoms with Crippen LogP contribution in [-0.4, -0.2) is 12.1 Å². The lowest BCUT2D eigenvalue weighted by Gasteiger charge is -2.03. The number of rotatable bonds is 4. The van der Waals surface area contributed by atoms with Crippen LogP contribution in [0.3, 0.4) is 0 Å². The maximum absolute atomic E-state index is 12.0. The zero-order valence-electron chi connectivity index (χ0n) is 11.8. The molecule has 0 aliphatic rings. The van der Waals surface area contributed by atoms with Gasteiger partial charge in [0.05, 0.1) is 12.5 Å². The van der Waals surface area contributed by atoms with Gasteiger partial charge in [0.25, 0.3) is 5.91 Å². The number of nitrogens with one attached hydrogen (secondary N) is 1. The third-order valence-corrected chi connectivity index (χ3v) is 3.16. The quantitative estimate of drug-likeness (QED) is 0.588. The van der Waals surface area contributed by atoms with Gasteiger partial charge in [-0.3, -0.25) is 4.79 Å². The Hall–Kier alpha value is -3.14. The van der Waals surface area contributed by atoms with Gasteiger partial charge in [0.1, 0.15) is 5.76 Å². The zero-order chi connectivity index (χ0) is 15.2. The van der Waals surface area contributed by atoms with E-state index in [1.807, 2.05) is 42.5 Å². The molecule has 0 aliphatic heterocycles. The fourth-order valence-electron chi connectivity index (χ4n) is 2.03. The summed E-state index contributed by atoms with van der Waals surface area (Å²) in [7, 11) is 0. The summed E-state index contributed by atoms with van der Waals surface area (Å²) in [4.78, 5) is 12.0. The topological polar surface area (TPSA) is 54.6 Å². The molecule has 0 spiro atoms. The minimum absolute atomic E-state index is 0.262. The Kier molecular flexibility index (Phi) is 4.11. The van der Waals surface area contributed by atoms with Crippen molar-refractivity contribution in [1.29, 1.82) is 0 Å². The van der Waals surface area contributed by atoms with Crippen LogP contribution in [0.25, 0.3) is 11.1 Å². The number of hydrogen-bond donors (Lipinski definition) is 1. The van der Waals surface area contributed by atoms with Gasteiger partial charge in [-0.15, -0.1) is 0 Å². The van der Waals surface area contributed by atoms with Gasteiger partial charge >= 0.3 is 0 Å². The summed E-state index contributed by atoms with van der Waals surface area (Å²) in [6.07, 6.45) is 3.00. The molecule has 0 unspecified atom stereocenters. The van der Waals surface area contributed by atoms with E-state index in [2.05, 4.69) is 10.5 Å². The van der Waals surface area contributed by atoms with Crippen molar-refractivity contribution in [2.75, 3.05) is 0 Å². The Morgan fingerprint density at radius 3 is 2.32 bits per heavy atom. The number of furan rings is 1. The van der Waals surface area contributed by atoms with Crippen molar-refractivity contribution >= 4 is 12.1 Å². The molecule has 3 rings (SSSR count). The average molecular weight is 290 g/mol. The van der Waals surface area contributed by atoms with E-state index in [1.54, 1.807) is 30.5 Å². The van der Waals surface area contributed by atoms with Crippen molar-refractivity contribution < 1.29 is 9.21 Å². The Bertz CT molecular complexity index is 761. The highest BCUT2D eigenvalue weighted by Crippen LogP contribution is 2.19. The second kappa shape index (κ2) is 6.54. The molecule has 0 bridgehead atoms. The molecule has 0 atom stereocenters. The number of nitrogens with zero attached hydrogens (tertiary/aromatic N) is 1. The lowest BCUT2D eigenvalue weighted by Crippen LogP contribution is -2.17. The fraction of sp³-hybridized carbons (Fsp3) is 0. The number of carbonyl (C=O) groups is 1. The molecular weight excluding hydrogens is 276 g/mol. The van der Waals surface area contributed by atoms with Crippen LogP contribution in [-0.2, 0) is 0 Å². The maximum atomic E-state index is 12.0. The van der Waals surface area contributed by atoms with Crippen molar-refractivity contribution in [1.82, 2.24) is 5.43 Å². The second-order valence-corrected chi connectivity index (χ2v) is 4.66. The highest BCUT2D eigenvalue weighted by atomic mass is 16.3. The number of hydrazone groups is 1. The van der Waals surface area contributed by atoms with Gasteiger partial charge in [-0.2, -0.15) is 5.10 Å². The Morgan fingerprint density at radius 1 is 0.909 bits per heavy atom. The summed E-state index contributed by atoms with van der Waals surface area (Å²) >= 11 is 0. The number of benzene rings is 2. The van der Waals surface area contributed by atoms with Crippen molar-refractivity contribution in [3.8, 4) is 11.1 Å². The first-order valence-corrected chi connectivity index (χ1v) is 6.85. The molecule has 22 heavy (non-hydrogen) atoms. The van der Waals surface area contributed by atoms with Crippen molar-refractivity contribution in [3.05, 3.63) is 84.3 Å². The number of carbonyl (C=O) groups excluding carboxylic acids is 1. The van der Waals surface area contributed by atoms with E-state index in [-0.39, 0.29) is 5.91 Å². The number of amides is 1. The van der Waals surface area contributed by atoms with E-state index in [0.29, 0.717) is 11.3 Å². The summed E-state index contributed by atoms with van der Waals surface area (Å²) in [5.41, 5.74) is 5.20. The van der Waals surface area contributed by atoms with Gasteiger partial charge < -0.3 is 4.42 Å². The minimum Gasteiger partial charge on any atom is -0.463 e. The van der Waals surface area contributed by atoms with E-state index < -0.39 is 0 Å². The first-order chi connectivity index (χ1) is 10.8. The van der Waals surface area contributed by atoms with Gasteiger partial charge in [0.15, 0.2) is 0 Å². The number of hydrogen-bond acceptors (Lipinski definition) is 3. The Morgan fingerprint density at radius 2 is 1.64 bits per heavy atom. The molecule has 0 aliphatic carbocycles. The lowest BCUT2D eigenvalue weighted by atomic mass is 10.0. The Labute approximate surface area is 128 Å². The first-order valence-electron chi connectivity index (χ1n) is 6.85. The largest absolute Gasteiger partial charge is 0.463 e. The lowest BCUT2D eigenvalue weighted by molar-refractivity contribution is 0.0955. The normalized spacial score (nSPS) is 10.7. The van der Waals surface area contributed by atoms with Crippen molar-refractivity contribution in [2.45, 2.75) is 0 Å². The van der Waals surface area contributed by atoms with Gasteiger partial charge in [0.2, 0.25) is 0 Å². The highest BCUT2D eigenvalue weighted by Gasteiger charge is 2.04. The molecule has 0 saturated carbocycles. The van der Waals surface area contributed by atoms with Crippen LogP contribution in [0.4, 0.5) is 0 Å². The van der Waals surface area contributed by atoms with Crippen LogP contribution in [0.15, 0.2) is 82.5 Å². The molecule has 4 nitrogen and oxygen atoms in total. The average Bonchev–Trinajstić information content (AvgIpc) is 3.09. The zero-order valence-corrected chi connectivity index (χ0v) is 11.8. The summed E-state index contributed by atoms with van der Waals surface area (Å²) in [6.45, 7) is 0. The summed E-state index contributed by atoms with van der Waals surface area (Å²) in [5, 5.41) is 3.85. The van der Waals surface area contributed by atoms with Crippen LogP contribution in [0.5, 0.6) is 0 Å². The van der Waals surface area contributed by atoms with Crippen molar-refractivity contribution in [2.24, 2.45) is 5.10 Å². The molecule has 3 aromatic rings. The monoisotopic (exact) mass is 290 g/mol. The Balaban J connectivity index is 1.66. The maximum Gasteiger partial charge on any atom is 0.271 e. The SMILES string of the molecule is O=C(N/N=C\c1ccco1)c1ccc(-c2ccccc2)cc1. The predicted octanol–water partition coefficient (Wildman–Crippen LogP) is 3.71. The van der Waals surface area contributed by atoms with Gasteiger partial charge in [-0.05, 0) is 35.4 Å². The van der Waals surface area contributed by atoms with Crippen LogP contribution in [0.2, 0.25) is 0 Å². The molecule has 0 saturated heterocycles.